The molecule has 2 heterocycles. The van der Waals surface area contributed by atoms with Crippen molar-refractivity contribution in [2.24, 2.45) is 0 Å². The monoisotopic (exact) mass is 424 g/mol. The number of carbonyl (C=O) groups is 1. The smallest absolute Gasteiger partial charge is 0.323 e. The van der Waals surface area contributed by atoms with Crippen LogP contribution in [-0.2, 0) is 16.1 Å². The number of aromatic nitrogens is 2. The third kappa shape index (κ3) is 3.50. The summed E-state index contributed by atoms with van der Waals surface area (Å²) >= 11 is 0. The van der Waals surface area contributed by atoms with E-state index in [1.165, 1.54) is 0 Å². The zero-order valence-corrected chi connectivity index (χ0v) is 18.5. The van der Waals surface area contributed by atoms with Crippen LogP contribution in [0.2, 0.25) is 0 Å². The lowest BCUT2D eigenvalue weighted by Crippen LogP contribution is -2.46. The predicted octanol–water partition coefficient (Wildman–Crippen LogP) is 2.62. The van der Waals surface area contributed by atoms with Crippen molar-refractivity contribution >= 4 is 39.4 Å². The first-order valence-corrected chi connectivity index (χ1v) is 10.3. The summed E-state index contributed by atoms with van der Waals surface area (Å²) in [5.74, 6) is -0.274. The number of carboxylic acids is 1. The molecule has 1 N–H and O–H groups in total. The molecule has 0 unspecified atom stereocenters. The molecule has 8 heteroatoms. The molecule has 1 fully saturated rings. The number of carboxylic acid groups (broad SMARTS) is 1. The first-order valence-electron chi connectivity index (χ1n) is 10.3. The molecule has 3 aromatic rings. The van der Waals surface area contributed by atoms with Gasteiger partial charge in [-0.15, -0.1) is 0 Å². The molecule has 164 valence electrons. The Balaban J connectivity index is 1.99. The third-order valence-electron chi connectivity index (χ3n) is 6.28. The van der Waals surface area contributed by atoms with E-state index in [9.17, 15) is 14.7 Å². The second-order valence-corrected chi connectivity index (χ2v) is 8.47. The number of hydrogen-bond acceptors (Lipinski definition) is 6. The van der Waals surface area contributed by atoms with Crippen LogP contribution in [0.25, 0.3) is 21.9 Å². The van der Waals surface area contributed by atoms with Crippen molar-refractivity contribution < 1.29 is 14.6 Å². The minimum atomic E-state index is -0.986. The van der Waals surface area contributed by atoms with Crippen molar-refractivity contribution in [2.45, 2.75) is 38.5 Å². The van der Waals surface area contributed by atoms with Crippen molar-refractivity contribution in [3.63, 3.8) is 0 Å². The lowest BCUT2D eigenvalue weighted by molar-refractivity contribution is -0.137. The topological polar surface area (TPSA) is 87.9 Å². The number of benzene rings is 1. The maximum atomic E-state index is 13.3. The molecule has 2 aromatic heterocycles. The van der Waals surface area contributed by atoms with E-state index in [-0.39, 0.29) is 18.1 Å². The summed E-state index contributed by atoms with van der Waals surface area (Å²) < 4.78 is 7.04. The van der Waals surface area contributed by atoms with Crippen molar-refractivity contribution in [1.82, 2.24) is 9.55 Å². The summed E-state index contributed by atoms with van der Waals surface area (Å²) in [5.41, 5.74) is 2.63. The van der Waals surface area contributed by atoms with Gasteiger partial charge in [0.15, 0.2) is 5.43 Å². The van der Waals surface area contributed by atoms with Crippen LogP contribution < -0.4 is 15.2 Å². The van der Waals surface area contributed by atoms with Gasteiger partial charge in [-0.05, 0) is 43.5 Å². The van der Waals surface area contributed by atoms with E-state index in [4.69, 9.17) is 9.72 Å². The molecule has 8 nitrogen and oxygen atoms in total. The molecule has 0 spiro atoms. The minimum absolute atomic E-state index is 0.139. The maximum Gasteiger partial charge on any atom is 0.323 e. The number of nitrogens with zero attached hydrogens (tertiary/aromatic N) is 4. The largest absolute Gasteiger partial charge is 0.480 e. The van der Waals surface area contributed by atoms with Crippen LogP contribution in [0, 0.1) is 6.92 Å². The van der Waals surface area contributed by atoms with Crippen LogP contribution in [0.5, 0.6) is 0 Å². The highest BCUT2D eigenvalue weighted by atomic mass is 16.5. The van der Waals surface area contributed by atoms with Crippen LogP contribution in [0.3, 0.4) is 0 Å². The number of hydrogen-bond donors (Lipinski definition) is 1. The summed E-state index contributed by atoms with van der Waals surface area (Å²) in [6, 6.07) is 7.57. The second kappa shape index (κ2) is 7.85. The highest BCUT2D eigenvalue weighted by Crippen LogP contribution is 2.33. The summed E-state index contributed by atoms with van der Waals surface area (Å²) in [5, 5.41) is 10.6. The quantitative estimate of drug-likeness (QED) is 0.609. The number of methoxy groups -OCH3 is 1. The van der Waals surface area contributed by atoms with Gasteiger partial charge in [0.1, 0.15) is 18.0 Å². The first kappa shape index (κ1) is 21.1. The van der Waals surface area contributed by atoms with E-state index in [0.717, 1.165) is 24.1 Å². The van der Waals surface area contributed by atoms with E-state index in [1.54, 1.807) is 23.8 Å². The molecule has 31 heavy (non-hydrogen) atoms. The lowest BCUT2D eigenvalue weighted by atomic mass is 9.88. The normalized spacial score (nSPS) is 18.2. The van der Waals surface area contributed by atoms with Crippen molar-refractivity contribution in [2.75, 3.05) is 38.1 Å². The average Bonchev–Trinajstić information content (AvgIpc) is 2.69. The van der Waals surface area contributed by atoms with Gasteiger partial charge < -0.3 is 24.2 Å². The lowest BCUT2D eigenvalue weighted by Gasteiger charge is -2.40. The molecular formula is C23H28N4O4. The number of rotatable bonds is 6. The van der Waals surface area contributed by atoms with Gasteiger partial charge in [0, 0.05) is 39.7 Å². The average molecular weight is 425 g/mol. The van der Waals surface area contributed by atoms with Crippen LogP contribution in [0.15, 0.2) is 29.1 Å². The van der Waals surface area contributed by atoms with Gasteiger partial charge in [0.2, 0.25) is 0 Å². The SMILES string of the molecule is COC1CC(N(C)c2ccc3c(=O)c4ccc(C)c(N(C)C)c4n(CC(=O)O)c3n2)C1. The van der Waals surface area contributed by atoms with Gasteiger partial charge in [-0.3, -0.25) is 9.59 Å². The Morgan fingerprint density at radius 3 is 2.48 bits per heavy atom. The van der Waals surface area contributed by atoms with Gasteiger partial charge >= 0.3 is 5.97 Å². The zero-order chi connectivity index (χ0) is 22.4. The van der Waals surface area contributed by atoms with Crippen LogP contribution >= 0.6 is 0 Å². The predicted molar refractivity (Wildman–Crippen MR) is 122 cm³/mol. The van der Waals surface area contributed by atoms with E-state index in [1.807, 2.05) is 45.1 Å². The molecule has 0 radical (unpaired) electrons. The molecule has 1 saturated carbocycles. The van der Waals surface area contributed by atoms with Crippen molar-refractivity contribution in [3.8, 4) is 0 Å². The van der Waals surface area contributed by atoms with Gasteiger partial charge in [0.05, 0.1) is 22.7 Å². The molecule has 0 saturated heterocycles. The highest BCUT2D eigenvalue weighted by molar-refractivity contribution is 6.00. The molecular weight excluding hydrogens is 396 g/mol. The standard InChI is InChI=1S/C23H28N4O4/c1-13-6-7-16-21(20(13)25(2)3)27(12-19(28)29)23-17(22(16)30)8-9-18(24-23)26(4)14-10-15(11-14)31-5/h6-9,14-15H,10-12H2,1-5H3,(H,28,29). The Morgan fingerprint density at radius 2 is 1.87 bits per heavy atom. The molecule has 1 aromatic carbocycles. The molecule has 1 aliphatic rings. The Morgan fingerprint density at radius 1 is 1.19 bits per heavy atom. The first-order chi connectivity index (χ1) is 14.7. The Kier molecular flexibility index (Phi) is 5.35. The summed E-state index contributed by atoms with van der Waals surface area (Å²) in [6.45, 7) is 1.67. The molecule has 0 amide bonds. The fourth-order valence-corrected chi connectivity index (χ4v) is 4.49. The summed E-state index contributed by atoms with van der Waals surface area (Å²) in [4.78, 5) is 33.9. The highest BCUT2D eigenvalue weighted by Gasteiger charge is 2.33. The number of pyridine rings is 2. The van der Waals surface area contributed by atoms with Crippen molar-refractivity contribution in [3.05, 3.63) is 40.1 Å². The minimum Gasteiger partial charge on any atom is -0.480 e. The number of ether oxygens (including phenoxy) is 1. The Hall–Kier alpha value is -3.13. The molecule has 0 bridgehead atoms. The molecule has 0 atom stereocenters. The van der Waals surface area contributed by atoms with E-state index in [2.05, 4.69) is 4.90 Å². The number of anilines is 2. The number of fused-ring (bicyclic) bond motifs is 2. The van der Waals surface area contributed by atoms with Gasteiger partial charge in [-0.25, -0.2) is 4.98 Å². The maximum absolute atomic E-state index is 13.3. The van der Waals surface area contributed by atoms with Crippen LogP contribution in [0.4, 0.5) is 11.5 Å². The van der Waals surface area contributed by atoms with Crippen LogP contribution in [-0.4, -0.2) is 61.0 Å². The van der Waals surface area contributed by atoms with E-state index in [0.29, 0.717) is 33.8 Å². The second-order valence-electron chi connectivity index (χ2n) is 8.47. The van der Waals surface area contributed by atoms with Gasteiger partial charge in [-0.1, -0.05) is 6.07 Å². The third-order valence-corrected chi connectivity index (χ3v) is 6.28. The van der Waals surface area contributed by atoms with Crippen molar-refractivity contribution in [1.29, 1.82) is 0 Å². The molecule has 1 aliphatic carbocycles. The zero-order valence-electron chi connectivity index (χ0n) is 18.5. The number of aryl methyl sites for hydroxylation is 1. The summed E-state index contributed by atoms with van der Waals surface area (Å²) in [6.07, 6.45) is 2.08. The van der Waals surface area contributed by atoms with E-state index >= 15 is 0 Å². The fraction of sp³-hybridized carbons (Fsp3) is 0.435. The van der Waals surface area contributed by atoms with Gasteiger partial charge in [-0.2, -0.15) is 0 Å². The van der Waals surface area contributed by atoms with E-state index < -0.39 is 5.97 Å². The number of aliphatic carboxylic acids is 1. The molecule has 0 aliphatic heterocycles. The fourth-order valence-electron chi connectivity index (χ4n) is 4.49. The van der Waals surface area contributed by atoms with Gasteiger partial charge in [0.25, 0.3) is 0 Å². The Bertz CT molecular complexity index is 1230. The Labute approximate surface area is 180 Å². The summed E-state index contributed by atoms with van der Waals surface area (Å²) in [7, 11) is 7.47. The molecule has 4 rings (SSSR count). The van der Waals surface area contributed by atoms with Crippen LogP contribution in [0.1, 0.15) is 18.4 Å².